The maximum absolute atomic E-state index is 12.0. The Hall–Kier alpha value is -2.01. The standard InChI is InChI=1S/C19H23BrN4O3.HI/c1-26-16-8-3-13(11-17(16)27-2)12-24-19(21)23-10-9-22-18(25)14-4-6-15(20)7-5-14;/h3-8,11H,9-10,12H2,1-2H3,(H,22,25)(H3,21,23,24);1H. The molecule has 2 rings (SSSR count). The van der Waals surface area contributed by atoms with Gasteiger partial charge in [-0.15, -0.1) is 24.0 Å². The smallest absolute Gasteiger partial charge is 0.251 e. The van der Waals surface area contributed by atoms with Crippen LogP contribution in [0.3, 0.4) is 0 Å². The molecule has 0 atom stereocenters. The van der Waals surface area contributed by atoms with Gasteiger partial charge in [-0.25, -0.2) is 4.99 Å². The molecule has 0 unspecified atom stereocenters. The van der Waals surface area contributed by atoms with Gasteiger partial charge in [0.25, 0.3) is 5.91 Å². The van der Waals surface area contributed by atoms with Crippen molar-refractivity contribution >= 4 is 51.8 Å². The third-order valence-corrected chi connectivity index (χ3v) is 4.23. The van der Waals surface area contributed by atoms with Crippen LogP contribution in [0, 0.1) is 0 Å². The molecule has 28 heavy (non-hydrogen) atoms. The molecule has 2 aromatic rings. The first-order valence-electron chi connectivity index (χ1n) is 8.32. The molecule has 0 saturated carbocycles. The molecule has 0 aromatic heterocycles. The lowest BCUT2D eigenvalue weighted by molar-refractivity contribution is 0.0954. The number of aliphatic imine (C=N–C) groups is 1. The van der Waals surface area contributed by atoms with Crippen molar-refractivity contribution in [2.24, 2.45) is 10.7 Å². The SMILES string of the molecule is COc1ccc(CN=C(N)NCCNC(=O)c2ccc(Br)cc2)cc1OC.I. The largest absolute Gasteiger partial charge is 0.493 e. The molecule has 4 N–H and O–H groups in total. The second-order valence-electron chi connectivity index (χ2n) is 5.58. The molecule has 0 saturated heterocycles. The Morgan fingerprint density at radius 2 is 1.68 bits per heavy atom. The fourth-order valence-corrected chi connectivity index (χ4v) is 2.55. The van der Waals surface area contributed by atoms with Crippen molar-refractivity contribution in [3.05, 3.63) is 58.1 Å². The van der Waals surface area contributed by atoms with Crippen molar-refractivity contribution in [2.45, 2.75) is 6.54 Å². The summed E-state index contributed by atoms with van der Waals surface area (Å²) in [6, 6.07) is 12.7. The third kappa shape index (κ3) is 7.55. The Morgan fingerprint density at radius 1 is 1.04 bits per heavy atom. The molecule has 0 fully saturated rings. The number of benzene rings is 2. The van der Waals surface area contributed by atoms with Crippen molar-refractivity contribution in [1.29, 1.82) is 0 Å². The summed E-state index contributed by atoms with van der Waals surface area (Å²) in [5.41, 5.74) is 7.41. The summed E-state index contributed by atoms with van der Waals surface area (Å²) < 4.78 is 11.4. The summed E-state index contributed by atoms with van der Waals surface area (Å²) >= 11 is 3.34. The highest BCUT2D eigenvalue weighted by atomic mass is 127. The van der Waals surface area contributed by atoms with Crippen LogP contribution < -0.4 is 25.8 Å². The van der Waals surface area contributed by atoms with Crippen LogP contribution >= 0.6 is 39.9 Å². The number of ether oxygens (including phenoxy) is 2. The minimum Gasteiger partial charge on any atom is -0.493 e. The summed E-state index contributed by atoms with van der Waals surface area (Å²) in [6.45, 7) is 1.31. The molecule has 7 nitrogen and oxygen atoms in total. The van der Waals surface area contributed by atoms with Crippen LogP contribution in [0.25, 0.3) is 0 Å². The minimum atomic E-state index is -0.134. The quantitative estimate of drug-likeness (QED) is 0.199. The Kier molecular flexibility index (Phi) is 10.7. The van der Waals surface area contributed by atoms with Crippen molar-refractivity contribution < 1.29 is 14.3 Å². The number of nitrogens with two attached hydrogens (primary N) is 1. The van der Waals surface area contributed by atoms with E-state index in [1.54, 1.807) is 26.4 Å². The number of halogens is 2. The predicted octanol–water partition coefficient (Wildman–Crippen LogP) is 2.92. The summed E-state index contributed by atoms with van der Waals surface area (Å²) in [5, 5.41) is 5.79. The van der Waals surface area contributed by atoms with Crippen LogP contribution in [-0.2, 0) is 6.54 Å². The molecule has 0 radical (unpaired) electrons. The van der Waals surface area contributed by atoms with Gasteiger partial charge < -0.3 is 25.8 Å². The zero-order valence-electron chi connectivity index (χ0n) is 15.7. The molecule has 0 aliphatic carbocycles. The van der Waals surface area contributed by atoms with Gasteiger partial charge in [-0.1, -0.05) is 22.0 Å². The molecule has 0 bridgehead atoms. The normalized spacial score (nSPS) is 10.6. The molecule has 0 spiro atoms. The van der Waals surface area contributed by atoms with Gasteiger partial charge in [0.15, 0.2) is 17.5 Å². The number of methoxy groups -OCH3 is 2. The average molecular weight is 563 g/mol. The predicted molar refractivity (Wildman–Crippen MR) is 125 cm³/mol. The van der Waals surface area contributed by atoms with E-state index in [1.807, 2.05) is 30.3 Å². The number of hydrogen-bond donors (Lipinski definition) is 3. The van der Waals surface area contributed by atoms with Gasteiger partial charge in [-0.3, -0.25) is 4.79 Å². The number of guanidine groups is 1. The molecule has 9 heteroatoms. The van der Waals surface area contributed by atoms with Crippen molar-refractivity contribution in [3.63, 3.8) is 0 Å². The van der Waals surface area contributed by atoms with Crippen LogP contribution in [0.2, 0.25) is 0 Å². The number of hydrogen-bond acceptors (Lipinski definition) is 4. The Labute approximate surface area is 190 Å². The Balaban J connectivity index is 0.00000392. The van der Waals surface area contributed by atoms with Crippen LogP contribution in [-0.4, -0.2) is 39.2 Å². The highest BCUT2D eigenvalue weighted by Gasteiger charge is 2.05. The Bertz CT molecular complexity index is 800. The average Bonchev–Trinajstić information content (AvgIpc) is 2.69. The maximum atomic E-state index is 12.0. The van der Waals surface area contributed by atoms with Crippen molar-refractivity contribution in [2.75, 3.05) is 27.3 Å². The fraction of sp³-hybridized carbons (Fsp3) is 0.263. The monoisotopic (exact) mass is 562 g/mol. The van der Waals surface area contributed by atoms with Gasteiger partial charge in [0.05, 0.1) is 20.8 Å². The van der Waals surface area contributed by atoms with E-state index in [2.05, 4.69) is 31.6 Å². The van der Waals surface area contributed by atoms with E-state index in [4.69, 9.17) is 15.2 Å². The molecule has 0 heterocycles. The van der Waals surface area contributed by atoms with E-state index < -0.39 is 0 Å². The topological polar surface area (TPSA) is 98.0 Å². The number of nitrogens with one attached hydrogen (secondary N) is 2. The molecule has 0 aliphatic heterocycles. The third-order valence-electron chi connectivity index (χ3n) is 3.70. The summed E-state index contributed by atoms with van der Waals surface area (Å²) in [6.07, 6.45) is 0. The molecule has 0 aliphatic rings. The van der Waals surface area contributed by atoms with Gasteiger partial charge in [-0.2, -0.15) is 0 Å². The number of nitrogens with zero attached hydrogens (tertiary/aromatic N) is 1. The molecule has 152 valence electrons. The first kappa shape index (κ1) is 24.0. The van der Waals surface area contributed by atoms with Gasteiger partial charge in [0.2, 0.25) is 0 Å². The molecule has 2 aromatic carbocycles. The van der Waals surface area contributed by atoms with E-state index in [9.17, 15) is 4.79 Å². The van der Waals surface area contributed by atoms with Crippen LogP contribution in [0.1, 0.15) is 15.9 Å². The first-order valence-corrected chi connectivity index (χ1v) is 9.11. The van der Waals surface area contributed by atoms with Gasteiger partial charge in [-0.05, 0) is 42.0 Å². The van der Waals surface area contributed by atoms with Gasteiger partial charge in [0.1, 0.15) is 0 Å². The van der Waals surface area contributed by atoms with E-state index >= 15 is 0 Å². The van der Waals surface area contributed by atoms with E-state index in [0.29, 0.717) is 42.7 Å². The van der Waals surface area contributed by atoms with Gasteiger partial charge >= 0.3 is 0 Å². The number of amides is 1. The molecule has 1 amide bonds. The second kappa shape index (κ2) is 12.4. The zero-order valence-corrected chi connectivity index (χ0v) is 19.6. The van der Waals surface area contributed by atoms with Crippen molar-refractivity contribution in [3.8, 4) is 11.5 Å². The Morgan fingerprint density at radius 3 is 2.32 bits per heavy atom. The summed E-state index contributed by atoms with van der Waals surface area (Å²) in [7, 11) is 3.18. The zero-order chi connectivity index (χ0) is 19.6. The maximum Gasteiger partial charge on any atom is 0.251 e. The number of rotatable bonds is 8. The molecular formula is C19H24BrIN4O3. The van der Waals surface area contributed by atoms with Crippen LogP contribution in [0.4, 0.5) is 0 Å². The van der Waals surface area contributed by atoms with E-state index in [0.717, 1.165) is 10.0 Å². The van der Waals surface area contributed by atoms with E-state index in [1.165, 1.54) is 0 Å². The first-order chi connectivity index (χ1) is 13.0. The van der Waals surface area contributed by atoms with Crippen LogP contribution in [0.5, 0.6) is 11.5 Å². The van der Waals surface area contributed by atoms with Crippen LogP contribution in [0.15, 0.2) is 51.9 Å². The second-order valence-corrected chi connectivity index (χ2v) is 6.50. The minimum absolute atomic E-state index is 0. The summed E-state index contributed by atoms with van der Waals surface area (Å²) in [5.74, 6) is 1.48. The van der Waals surface area contributed by atoms with Crippen molar-refractivity contribution in [1.82, 2.24) is 10.6 Å². The highest BCUT2D eigenvalue weighted by Crippen LogP contribution is 2.27. The highest BCUT2D eigenvalue weighted by molar-refractivity contribution is 14.0. The lowest BCUT2D eigenvalue weighted by Crippen LogP contribution is -2.38. The van der Waals surface area contributed by atoms with Gasteiger partial charge in [0, 0.05) is 23.1 Å². The number of carbonyl (C=O) groups excluding carboxylic acids is 1. The lowest BCUT2D eigenvalue weighted by Gasteiger charge is -2.09. The van der Waals surface area contributed by atoms with E-state index in [-0.39, 0.29) is 29.9 Å². The lowest BCUT2D eigenvalue weighted by atomic mass is 10.2. The number of carbonyl (C=O) groups is 1. The fourth-order valence-electron chi connectivity index (χ4n) is 2.28. The summed E-state index contributed by atoms with van der Waals surface area (Å²) in [4.78, 5) is 16.3. The molecular weight excluding hydrogens is 539 g/mol.